The van der Waals surface area contributed by atoms with Crippen LogP contribution in [0, 0.1) is 17.8 Å². The lowest BCUT2D eigenvalue weighted by molar-refractivity contribution is -0.143. The molecule has 0 radical (unpaired) electrons. The van der Waals surface area contributed by atoms with Crippen LogP contribution >= 0.6 is 0 Å². The number of amides is 1. The van der Waals surface area contributed by atoms with Crippen molar-refractivity contribution in [2.75, 3.05) is 0 Å². The first kappa shape index (κ1) is 28.3. The summed E-state index contributed by atoms with van der Waals surface area (Å²) in [6, 6.07) is -0.823. The smallest absolute Gasteiger partial charge is 0.326 e. The number of nitrogens with one attached hydrogen (secondary N) is 1. The summed E-state index contributed by atoms with van der Waals surface area (Å²) in [7, 11) is 0. The minimum atomic E-state index is -0.981. The van der Waals surface area contributed by atoms with Crippen LogP contribution in [0.25, 0.3) is 0 Å². The summed E-state index contributed by atoms with van der Waals surface area (Å²) in [6.07, 6.45) is 14.6. The quantitative estimate of drug-likeness (QED) is 0.212. The van der Waals surface area contributed by atoms with E-state index in [0.29, 0.717) is 25.0 Å². The molecule has 184 valence electrons. The lowest BCUT2D eigenvalue weighted by Gasteiger charge is -2.20. The molecule has 1 aliphatic carbocycles. The number of ketones is 1. The molecule has 0 aromatic rings. The predicted octanol–water partition coefficient (Wildman–Crippen LogP) is 5.04. The van der Waals surface area contributed by atoms with E-state index in [4.69, 9.17) is 0 Å². The molecule has 5 atom stereocenters. The van der Waals surface area contributed by atoms with Crippen LogP contribution in [0.4, 0.5) is 0 Å². The molecule has 1 fully saturated rings. The molecule has 6 heteroatoms. The molecule has 0 aliphatic heterocycles. The maximum absolute atomic E-state index is 12.3. The summed E-state index contributed by atoms with van der Waals surface area (Å²) < 4.78 is 0. The first-order valence-corrected chi connectivity index (χ1v) is 12.7. The SMILES string of the molecule is CCCCC[C@H](O)/C=C/[C@H]1CCC(=O)[C@@H]1CCCCCCC(=O)N[C@H](C(=O)O)[C@H](C)CC. The maximum Gasteiger partial charge on any atom is 0.326 e. The first-order chi connectivity index (χ1) is 15.3. The van der Waals surface area contributed by atoms with Gasteiger partial charge >= 0.3 is 5.97 Å². The van der Waals surface area contributed by atoms with E-state index in [1.807, 2.05) is 19.9 Å². The zero-order chi connectivity index (χ0) is 23.9. The second-order valence-corrected chi connectivity index (χ2v) is 9.45. The Morgan fingerprint density at radius 2 is 1.84 bits per heavy atom. The Balaban J connectivity index is 2.28. The number of Topliss-reactive ketones (excluding diaryl/α,β-unsaturated/α-hetero) is 1. The molecular formula is C26H45NO5. The van der Waals surface area contributed by atoms with Gasteiger partial charge in [-0.3, -0.25) is 9.59 Å². The summed E-state index contributed by atoms with van der Waals surface area (Å²) in [5.74, 6) is -0.645. The van der Waals surface area contributed by atoms with Gasteiger partial charge in [0, 0.05) is 18.8 Å². The van der Waals surface area contributed by atoms with Crippen molar-refractivity contribution in [3.8, 4) is 0 Å². The fourth-order valence-corrected chi connectivity index (χ4v) is 4.44. The van der Waals surface area contributed by atoms with E-state index in [1.54, 1.807) is 0 Å². The Labute approximate surface area is 194 Å². The summed E-state index contributed by atoms with van der Waals surface area (Å²) >= 11 is 0. The van der Waals surface area contributed by atoms with Crippen molar-refractivity contribution in [3.63, 3.8) is 0 Å². The van der Waals surface area contributed by atoms with Gasteiger partial charge in [-0.2, -0.15) is 0 Å². The van der Waals surface area contributed by atoms with Crippen LogP contribution in [-0.2, 0) is 14.4 Å². The molecule has 3 N–H and O–H groups in total. The van der Waals surface area contributed by atoms with Gasteiger partial charge in [-0.25, -0.2) is 4.79 Å². The first-order valence-electron chi connectivity index (χ1n) is 12.7. The van der Waals surface area contributed by atoms with Crippen molar-refractivity contribution in [1.29, 1.82) is 0 Å². The number of allylic oxidation sites excluding steroid dienone is 1. The Bertz CT molecular complexity index is 603. The molecule has 1 amide bonds. The number of carbonyl (C=O) groups is 3. The van der Waals surface area contributed by atoms with Crippen LogP contribution in [0.5, 0.6) is 0 Å². The average molecular weight is 452 g/mol. The molecule has 0 unspecified atom stereocenters. The highest BCUT2D eigenvalue weighted by Gasteiger charge is 2.32. The van der Waals surface area contributed by atoms with Gasteiger partial charge in [0.2, 0.25) is 5.91 Å². The standard InChI is InChI=1S/C26H45NO5/c1-4-6-9-12-21(28)17-15-20-16-18-23(29)22(20)13-10-7-8-11-14-24(30)27-25(26(31)32)19(3)5-2/h15,17,19-22,25,28H,4-14,16,18H2,1-3H3,(H,27,30)(H,31,32)/b17-15+/t19-,20+,21+,22-,25+/m1/s1. The summed E-state index contributed by atoms with van der Waals surface area (Å²) in [5, 5.41) is 22.0. The zero-order valence-corrected chi connectivity index (χ0v) is 20.4. The second kappa shape index (κ2) is 16.0. The third-order valence-corrected chi connectivity index (χ3v) is 6.80. The van der Waals surface area contributed by atoms with Crippen molar-refractivity contribution >= 4 is 17.7 Å². The van der Waals surface area contributed by atoms with Gasteiger partial charge < -0.3 is 15.5 Å². The van der Waals surface area contributed by atoms with Crippen molar-refractivity contribution < 1.29 is 24.6 Å². The van der Waals surface area contributed by atoms with E-state index in [9.17, 15) is 24.6 Å². The predicted molar refractivity (Wildman–Crippen MR) is 127 cm³/mol. The van der Waals surface area contributed by atoms with Gasteiger partial charge in [-0.05, 0) is 37.5 Å². The number of hydrogen-bond acceptors (Lipinski definition) is 4. The van der Waals surface area contributed by atoms with Gasteiger partial charge in [0.1, 0.15) is 11.8 Å². The molecule has 0 aromatic carbocycles. The van der Waals surface area contributed by atoms with Crippen molar-refractivity contribution in [2.45, 2.75) is 116 Å². The van der Waals surface area contributed by atoms with E-state index >= 15 is 0 Å². The second-order valence-electron chi connectivity index (χ2n) is 9.45. The molecular weight excluding hydrogens is 406 g/mol. The largest absolute Gasteiger partial charge is 0.480 e. The normalized spacial score (nSPS) is 21.6. The van der Waals surface area contributed by atoms with Gasteiger partial charge in [0.15, 0.2) is 0 Å². The summed E-state index contributed by atoms with van der Waals surface area (Å²) in [6.45, 7) is 5.89. The molecule has 1 rings (SSSR count). The fourth-order valence-electron chi connectivity index (χ4n) is 4.44. The number of hydrogen-bond donors (Lipinski definition) is 3. The number of aliphatic carboxylic acids is 1. The highest BCUT2D eigenvalue weighted by molar-refractivity contribution is 5.84. The molecule has 1 aliphatic rings. The highest BCUT2D eigenvalue weighted by Crippen LogP contribution is 2.34. The van der Waals surface area contributed by atoms with Crippen molar-refractivity contribution in [1.82, 2.24) is 5.32 Å². The van der Waals surface area contributed by atoms with Crippen LogP contribution in [-0.4, -0.2) is 40.0 Å². The van der Waals surface area contributed by atoms with Gasteiger partial charge in [0.05, 0.1) is 6.10 Å². The number of carbonyl (C=O) groups excluding carboxylic acids is 2. The Morgan fingerprint density at radius 1 is 1.12 bits per heavy atom. The number of unbranched alkanes of at least 4 members (excludes halogenated alkanes) is 5. The third-order valence-electron chi connectivity index (χ3n) is 6.80. The van der Waals surface area contributed by atoms with E-state index < -0.39 is 18.1 Å². The topological polar surface area (TPSA) is 104 Å². The van der Waals surface area contributed by atoms with E-state index in [1.165, 1.54) is 0 Å². The molecule has 0 saturated heterocycles. The van der Waals surface area contributed by atoms with Crippen LogP contribution in [0.2, 0.25) is 0 Å². The van der Waals surface area contributed by atoms with Crippen molar-refractivity contribution in [2.24, 2.45) is 17.8 Å². The average Bonchev–Trinajstić information content (AvgIpc) is 3.11. The van der Waals surface area contributed by atoms with Crippen LogP contribution in [0.15, 0.2) is 12.2 Å². The fraction of sp³-hybridized carbons (Fsp3) is 0.808. The lowest BCUT2D eigenvalue weighted by atomic mass is 9.89. The monoisotopic (exact) mass is 451 g/mol. The molecule has 0 spiro atoms. The molecule has 6 nitrogen and oxygen atoms in total. The number of rotatable bonds is 17. The molecule has 32 heavy (non-hydrogen) atoms. The summed E-state index contributed by atoms with van der Waals surface area (Å²) in [5.41, 5.74) is 0. The minimum absolute atomic E-state index is 0.0595. The number of carboxylic acid groups (broad SMARTS) is 1. The Morgan fingerprint density at radius 3 is 2.50 bits per heavy atom. The maximum atomic E-state index is 12.3. The zero-order valence-electron chi connectivity index (χ0n) is 20.4. The van der Waals surface area contributed by atoms with Gasteiger partial charge in [-0.15, -0.1) is 0 Å². The number of carboxylic acids is 1. The highest BCUT2D eigenvalue weighted by atomic mass is 16.4. The molecule has 0 bridgehead atoms. The lowest BCUT2D eigenvalue weighted by Crippen LogP contribution is -2.44. The Kier molecular flexibility index (Phi) is 14.2. The molecule has 1 saturated carbocycles. The third kappa shape index (κ3) is 10.8. The molecule has 0 aromatic heterocycles. The van der Waals surface area contributed by atoms with Crippen LogP contribution in [0.3, 0.4) is 0 Å². The summed E-state index contributed by atoms with van der Waals surface area (Å²) in [4.78, 5) is 35.7. The minimum Gasteiger partial charge on any atom is -0.480 e. The molecule has 0 heterocycles. The number of aliphatic hydroxyl groups is 1. The van der Waals surface area contributed by atoms with Crippen LogP contribution < -0.4 is 5.32 Å². The van der Waals surface area contributed by atoms with Gasteiger partial charge in [-0.1, -0.05) is 77.9 Å². The van der Waals surface area contributed by atoms with E-state index in [2.05, 4.69) is 18.3 Å². The van der Waals surface area contributed by atoms with E-state index in [-0.39, 0.29) is 23.7 Å². The van der Waals surface area contributed by atoms with Crippen molar-refractivity contribution in [3.05, 3.63) is 12.2 Å². The number of aliphatic hydroxyl groups excluding tert-OH is 1. The van der Waals surface area contributed by atoms with E-state index in [0.717, 1.165) is 64.2 Å². The Hall–Kier alpha value is -1.69. The van der Waals surface area contributed by atoms with Gasteiger partial charge in [0.25, 0.3) is 0 Å². The van der Waals surface area contributed by atoms with Crippen LogP contribution in [0.1, 0.15) is 104 Å².